The summed E-state index contributed by atoms with van der Waals surface area (Å²) in [6.07, 6.45) is 2.81. The summed E-state index contributed by atoms with van der Waals surface area (Å²) in [4.78, 5) is 31.9. The molecule has 2 amide bonds. The molecule has 1 saturated heterocycles. The van der Waals surface area contributed by atoms with Gasteiger partial charge >= 0.3 is 6.09 Å². The van der Waals surface area contributed by atoms with Crippen LogP contribution in [0.2, 0.25) is 0 Å². The standard InChI is InChI=1S/C25H31N5O3/c1-5-33-25(32)29-12-10-19(11-13-29)27-24(31)20-14-22(18-8-6-17(4)7-9-18)28-23-21(20)15-26-30(23)16(2)3/h6-9,14-16,19H,5,10-13H2,1-4H3,(H,27,31). The molecule has 174 valence electrons. The van der Waals surface area contributed by atoms with Crippen molar-refractivity contribution in [2.45, 2.75) is 52.6 Å². The van der Waals surface area contributed by atoms with Crippen molar-refractivity contribution in [3.8, 4) is 11.3 Å². The van der Waals surface area contributed by atoms with Crippen molar-refractivity contribution >= 4 is 23.0 Å². The second-order valence-corrected chi connectivity index (χ2v) is 8.77. The molecule has 0 bridgehead atoms. The van der Waals surface area contributed by atoms with E-state index in [1.165, 1.54) is 5.56 Å². The Morgan fingerprint density at radius 3 is 2.52 bits per heavy atom. The minimum atomic E-state index is -0.290. The average molecular weight is 450 g/mol. The average Bonchev–Trinajstić information content (AvgIpc) is 3.24. The number of aromatic nitrogens is 3. The van der Waals surface area contributed by atoms with E-state index < -0.39 is 0 Å². The number of hydrogen-bond acceptors (Lipinski definition) is 5. The number of likely N-dealkylation sites (tertiary alicyclic amines) is 1. The normalized spacial score (nSPS) is 14.6. The third kappa shape index (κ3) is 4.84. The maximum atomic E-state index is 13.4. The topological polar surface area (TPSA) is 89.3 Å². The lowest BCUT2D eigenvalue weighted by Crippen LogP contribution is -2.46. The Labute approximate surface area is 193 Å². The molecule has 0 saturated carbocycles. The van der Waals surface area contributed by atoms with Gasteiger partial charge in [0, 0.05) is 30.7 Å². The largest absolute Gasteiger partial charge is 0.450 e. The summed E-state index contributed by atoms with van der Waals surface area (Å²) in [6, 6.07) is 10.1. The first-order chi connectivity index (χ1) is 15.9. The van der Waals surface area contributed by atoms with Gasteiger partial charge in [-0.1, -0.05) is 29.8 Å². The van der Waals surface area contributed by atoms with Crippen molar-refractivity contribution in [1.82, 2.24) is 25.0 Å². The third-order valence-electron chi connectivity index (χ3n) is 6.00. The van der Waals surface area contributed by atoms with Crippen LogP contribution in [0.3, 0.4) is 0 Å². The summed E-state index contributed by atoms with van der Waals surface area (Å²) in [5, 5.41) is 8.40. The van der Waals surface area contributed by atoms with Crippen molar-refractivity contribution in [3.63, 3.8) is 0 Å². The molecule has 3 aromatic rings. The second kappa shape index (κ2) is 9.60. The van der Waals surface area contributed by atoms with Gasteiger partial charge in [-0.2, -0.15) is 5.10 Å². The molecule has 1 fully saturated rings. The highest BCUT2D eigenvalue weighted by molar-refractivity contribution is 6.06. The second-order valence-electron chi connectivity index (χ2n) is 8.77. The monoisotopic (exact) mass is 449 g/mol. The molecule has 8 heteroatoms. The van der Waals surface area contributed by atoms with Gasteiger partial charge in [0.15, 0.2) is 5.65 Å². The Bertz CT molecular complexity index is 1140. The van der Waals surface area contributed by atoms with Gasteiger partial charge in [-0.05, 0) is 46.6 Å². The molecule has 3 heterocycles. The number of carbonyl (C=O) groups is 2. The maximum absolute atomic E-state index is 13.4. The fourth-order valence-corrected chi connectivity index (χ4v) is 4.14. The predicted octanol–water partition coefficient (Wildman–Crippen LogP) is 4.34. The zero-order chi connectivity index (χ0) is 23.5. The molecule has 0 atom stereocenters. The maximum Gasteiger partial charge on any atom is 0.409 e. The van der Waals surface area contributed by atoms with E-state index in [1.807, 2.05) is 55.8 Å². The fraction of sp³-hybridized carbons (Fsp3) is 0.440. The number of carbonyl (C=O) groups excluding carboxylic acids is 2. The van der Waals surface area contributed by atoms with Crippen LogP contribution in [-0.4, -0.2) is 57.4 Å². The zero-order valence-corrected chi connectivity index (χ0v) is 19.7. The molecule has 0 unspecified atom stereocenters. The summed E-state index contributed by atoms with van der Waals surface area (Å²) in [5.41, 5.74) is 4.13. The number of nitrogens with zero attached hydrogens (tertiary/aromatic N) is 4. The van der Waals surface area contributed by atoms with Gasteiger partial charge in [0.2, 0.25) is 0 Å². The number of hydrogen-bond donors (Lipinski definition) is 1. The Balaban J connectivity index is 1.60. The van der Waals surface area contributed by atoms with Crippen LogP contribution in [0.1, 0.15) is 55.6 Å². The molecule has 1 N–H and O–H groups in total. The van der Waals surface area contributed by atoms with Gasteiger partial charge in [0.05, 0.1) is 29.4 Å². The van der Waals surface area contributed by atoms with E-state index in [0.29, 0.717) is 43.7 Å². The summed E-state index contributed by atoms with van der Waals surface area (Å²) >= 11 is 0. The van der Waals surface area contributed by atoms with Crippen molar-refractivity contribution in [2.24, 2.45) is 0 Å². The smallest absolute Gasteiger partial charge is 0.409 e. The quantitative estimate of drug-likeness (QED) is 0.626. The van der Waals surface area contributed by atoms with Crippen molar-refractivity contribution in [1.29, 1.82) is 0 Å². The molecule has 4 rings (SSSR count). The van der Waals surface area contributed by atoms with Crippen LogP contribution in [-0.2, 0) is 4.74 Å². The van der Waals surface area contributed by atoms with E-state index in [4.69, 9.17) is 9.72 Å². The Morgan fingerprint density at radius 2 is 1.88 bits per heavy atom. The Hall–Kier alpha value is -3.42. The SMILES string of the molecule is CCOC(=O)N1CCC(NC(=O)c2cc(-c3ccc(C)cc3)nc3c2cnn3C(C)C)CC1. The van der Waals surface area contributed by atoms with Crippen molar-refractivity contribution in [2.75, 3.05) is 19.7 Å². The molecule has 1 aliphatic rings. The van der Waals surface area contributed by atoms with Crippen molar-refractivity contribution < 1.29 is 14.3 Å². The third-order valence-corrected chi connectivity index (χ3v) is 6.00. The number of rotatable bonds is 5. The number of pyridine rings is 1. The number of aryl methyl sites for hydroxylation is 1. The highest BCUT2D eigenvalue weighted by Crippen LogP contribution is 2.27. The summed E-state index contributed by atoms with van der Waals surface area (Å²) in [6.45, 7) is 9.42. The van der Waals surface area contributed by atoms with Gasteiger partial charge < -0.3 is 15.0 Å². The fourth-order valence-electron chi connectivity index (χ4n) is 4.14. The van der Waals surface area contributed by atoms with Gasteiger partial charge in [0.1, 0.15) is 0 Å². The van der Waals surface area contributed by atoms with Gasteiger partial charge in [0.25, 0.3) is 5.91 Å². The number of fused-ring (bicyclic) bond motifs is 1. The minimum Gasteiger partial charge on any atom is -0.450 e. The van der Waals surface area contributed by atoms with E-state index in [0.717, 1.165) is 16.6 Å². The minimum absolute atomic E-state index is 0.00522. The molecule has 0 aliphatic carbocycles. The van der Waals surface area contributed by atoms with Crippen LogP contribution < -0.4 is 5.32 Å². The Kier molecular flexibility index (Phi) is 6.62. The van der Waals surface area contributed by atoms with Crippen molar-refractivity contribution in [3.05, 3.63) is 47.7 Å². The predicted molar refractivity (Wildman–Crippen MR) is 127 cm³/mol. The summed E-state index contributed by atoms with van der Waals surface area (Å²) < 4.78 is 6.93. The number of benzene rings is 1. The van der Waals surface area contributed by atoms with Crippen LogP contribution in [0.5, 0.6) is 0 Å². The first-order valence-corrected chi connectivity index (χ1v) is 11.5. The lowest BCUT2D eigenvalue weighted by atomic mass is 10.0. The van der Waals surface area contributed by atoms with Gasteiger partial charge in [-0.25, -0.2) is 14.5 Å². The molecular formula is C25H31N5O3. The van der Waals surface area contributed by atoms with E-state index in [-0.39, 0.29) is 24.1 Å². The summed E-state index contributed by atoms with van der Waals surface area (Å²) in [7, 11) is 0. The first-order valence-electron chi connectivity index (χ1n) is 11.5. The number of piperidine rings is 1. The van der Waals surface area contributed by atoms with E-state index in [2.05, 4.69) is 10.4 Å². The molecule has 33 heavy (non-hydrogen) atoms. The van der Waals surface area contributed by atoms with Crippen LogP contribution in [0.25, 0.3) is 22.3 Å². The van der Waals surface area contributed by atoms with Crippen LogP contribution in [0.4, 0.5) is 4.79 Å². The van der Waals surface area contributed by atoms with Crippen LogP contribution in [0.15, 0.2) is 36.5 Å². The van der Waals surface area contributed by atoms with Gasteiger partial charge in [-0.15, -0.1) is 0 Å². The molecule has 1 aliphatic heterocycles. The molecular weight excluding hydrogens is 418 g/mol. The van der Waals surface area contributed by atoms with E-state index >= 15 is 0 Å². The highest BCUT2D eigenvalue weighted by atomic mass is 16.6. The Morgan fingerprint density at radius 1 is 1.18 bits per heavy atom. The van der Waals surface area contributed by atoms with Gasteiger partial charge in [-0.3, -0.25) is 4.79 Å². The van der Waals surface area contributed by atoms with E-state index in [1.54, 1.807) is 18.0 Å². The molecule has 0 spiro atoms. The first kappa shape index (κ1) is 22.8. The lowest BCUT2D eigenvalue weighted by molar-refractivity contribution is 0.0861. The van der Waals surface area contributed by atoms with Crippen LogP contribution >= 0.6 is 0 Å². The lowest BCUT2D eigenvalue weighted by Gasteiger charge is -2.31. The molecule has 0 radical (unpaired) electrons. The molecule has 2 aromatic heterocycles. The zero-order valence-electron chi connectivity index (χ0n) is 19.7. The number of nitrogens with one attached hydrogen (secondary N) is 1. The van der Waals surface area contributed by atoms with E-state index in [9.17, 15) is 9.59 Å². The highest BCUT2D eigenvalue weighted by Gasteiger charge is 2.26. The summed E-state index contributed by atoms with van der Waals surface area (Å²) in [5.74, 6) is -0.145. The van der Waals surface area contributed by atoms with Crippen LogP contribution in [0, 0.1) is 6.92 Å². The number of ether oxygens (including phenoxy) is 1. The molecule has 8 nitrogen and oxygen atoms in total. The molecule has 1 aromatic carbocycles. The number of amides is 2.